The second kappa shape index (κ2) is 6.26. The highest BCUT2D eigenvalue weighted by Gasteiger charge is 2.21. The van der Waals surface area contributed by atoms with Gasteiger partial charge in [-0.2, -0.15) is 4.68 Å². The van der Waals surface area contributed by atoms with Crippen LogP contribution in [0.4, 0.5) is 0 Å². The average Bonchev–Trinajstić information content (AvgIpc) is 2.85. The van der Waals surface area contributed by atoms with Gasteiger partial charge in [0.25, 0.3) is 0 Å². The van der Waals surface area contributed by atoms with Crippen molar-refractivity contribution >= 4 is 17.7 Å². The fourth-order valence-electron chi connectivity index (χ4n) is 2.10. The van der Waals surface area contributed by atoms with Crippen molar-refractivity contribution in [2.75, 3.05) is 14.1 Å². The van der Waals surface area contributed by atoms with Crippen LogP contribution in [0.5, 0.6) is 0 Å². The Bertz CT molecular complexity index is 632. The normalized spacial score (nSPS) is 12.2. The molecule has 0 saturated heterocycles. The quantitative estimate of drug-likeness (QED) is 0.807. The molecule has 0 aliphatic heterocycles. The molecule has 7 heteroatoms. The maximum absolute atomic E-state index is 12.0. The Morgan fingerprint density at radius 2 is 1.90 bits per heavy atom. The van der Waals surface area contributed by atoms with Gasteiger partial charge in [-0.1, -0.05) is 30.0 Å². The number of aromatic nitrogens is 4. The van der Waals surface area contributed by atoms with Crippen LogP contribution in [0, 0.1) is 13.8 Å². The third-order valence-electron chi connectivity index (χ3n) is 3.16. The molecule has 0 bridgehead atoms. The van der Waals surface area contributed by atoms with Crippen LogP contribution in [-0.2, 0) is 4.79 Å². The van der Waals surface area contributed by atoms with Crippen molar-refractivity contribution in [3.05, 3.63) is 29.3 Å². The molecule has 6 nitrogen and oxygen atoms in total. The van der Waals surface area contributed by atoms with Gasteiger partial charge in [0.2, 0.25) is 11.1 Å². The van der Waals surface area contributed by atoms with Crippen LogP contribution in [0.15, 0.2) is 23.4 Å². The van der Waals surface area contributed by atoms with Crippen LogP contribution >= 0.6 is 11.8 Å². The van der Waals surface area contributed by atoms with Gasteiger partial charge in [-0.05, 0) is 42.3 Å². The maximum Gasteiger partial charge on any atom is 0.235 e. The molecule has 2 aromatic rings. The highest BCUT2D eigenvalue weighted by Crippen LogP contribution is 2.26. The van der Waals surface area contributed by atoms with Crippen LogP contribution in [0.1, 0.15) is 18.1 Å². The molecule has 1 aromatic heterocycles. The summed E-state index contributed by atoms with van der Waals surface area (Å²) in [5, 5.41) is 12.3. The second-order valence-corrected chi connectivity index (χ2v) is 6.41. The molecule has 0 saturated carbocycles. The number of hydrogen-bond acceptors (Lipinski definition) is 5. The van der Waals surface area contributed by atoms with E-state index in [0.717, 1.165) is 16.8 Å². The van der Waals surface area contributed by atoms with Crippen LogP contribution in [0.3, 0.4) is 0 Å². The molecule has 1 atom stereocenters. The molecule has 0 aliphatic carbocycles. The van der Waals surface area contributed by atoms with Crippen molar-refractivity contribution in [3.63, 3.8) is 0 Å². The van der Waals surface area contributed by atoms with E-state index in [1.807, 2.05) is 39.0 Å². The number of carbonyl (C=O) groups is 1. The van der Waals surface area contributed by atoms with Gasteiger partial charge < -0.3 is 4.90 Å². The van der Waals surface area contributed by atoms with Gasteiger partial charge >= 0.3 is 0 Å². The standard InChI is InChI=1S/C14H19N5OS/c1-9-7-6-8-10(2)12(9)19-14(15-16-17-19)21-11(3)13(20)18(4)5/h6-8,11H,1-5H3. The zero-order valence-corrected chi connectivity index (χ0v) is 13.7. The van der Waals surface area contributed by atoms with Crippen LogP contribution in [-0.4, -0.2) is 50.4 Å². The van der Waals surface area contributed by atoms with Crippen LogP contribution in [0.25, 0.3) is 5.69 Å². The first kappa shape index (κ1) is 15.5. The molecule has 21 heavy (non-hydrogen) atoms. The van der Waals surface area contributed by atoms with Crippen LogP contribution in [0.2, 0.25) is 0 Å². The molecule has 0 fully saturated rings. The lowest BCUT2D eigenvalue weighted by Gasteiger charge is -2.16. The lowest BCUT2D eigenvalue weighted by molar-refractivity contribution is -0.127. The van der Waals surface area contributed by atoms with E-state index in [4.69, 9.17) is 0 Å². The molecule has 0 spiro atoms. The summed E-state index contributed by atoms with van der Waals surface area (Å²) >= 11 is 1.36. The minimum Gasteiger partial charge on any atom is -0.348 e. The summed E-state index contributed by atoms with van der Waals surface area (Å²) in [7, 11) is 3.49. The summed E-state index contributed by atoms with van der Waals surface area (Å²) in [4.78, 5) is 13.6. The van der Waals surface area contributed by atoms with E-state index in [1.165, 1.54) is 11.8 Å². The minimum atomic E-state index is -0.242. The lowest BCUT2D eigenvalue weighted by Crippen LogP contribution is -2.29. The van der Waals surface area contributed by atoms with E-state index >= 15 is 0 Å². The van der Waals surface area contributed by atoms with Crippen molar-refractivity contribution in [1.82, 2.24) is 25.1 Å². The zero-order valence-electron chi connectivity index (χ0n) is 12.9. The number of hydrogen-bond donors (Lipinski definition) is 0. The molecule has 1 amide bonds. The predicted octanol–water partition coefficient (Wildman–Crippen LogP) is 1.85. The zero-order chi connectivity index (χ0) is 15.6. The van der Waals surface area contributed by atoms with Gasteiger partial charge in [0.15, 0.2) is 0 Å². The van der Waals surface area contributed by atoms with Gasteiger partial charge in [-0.15, -0.1) is 5.10 Å². The summed E-state index contributed by atoms with van der Waals surface area (Å²) in [6.45, 7) is 5.90. The number of amides is 1. The van der Waals surface area contributed by atoms with Gasteiger partial charge in [-0.25, -0.2) is 0 Å². The molecular weight excluding hydrogens is 286 g/mol. The monoisotopic (exact) mass is 305 g/mol. The Morgan fingerprint density at radius 1 is 1.29 bits per heavy atom. The number of aryl methyl sites for hydroxylation is 2. The molecule has 0 radical (unpaired) electrons. The predicted molar refractivity (Wildman–Crippen MR) is 82.6 cm³/mol. The second-order valence-electron chi connectivity index (χ2n) is 5.11. The van der Waals surface area contributed by atoms with Crippen LogP contribution < -0.4 is 0 Å². The van der Waals surface area contributed by atoms with Crippen molar-refractivity contribution in [3.8, 4) is 5.69 Å². The first-order valence-corrected chi connectivity index (χ1v) is 7.52. The third kappa shape index (κ3) is 3.24. The van der Waals surface area contributed by atoms with Gasteiger partial charge in [0.1, 0.15) is 0 Å². The van der Waals surface area contributed by atoms with E-state index in [2.05, 4.69) is 15.5 Å². The molecule has 0 N–H and O–H groups in total. The van der Waals surface area contributed by atoms with Crippen molar-refractivity contribution < 1.29 is 4.79 Å². The Balaban J connectivity index is 2.34. The van der Waals surface area contributed by atoms with E-state index in [1.54, 1.807) is 23.7 Å². The summed E-state index contributed by atoms with van der Waals surface area (Å²) in [6, 6.07) is 6.04. The molecule has 1 unspecified atom stereocenters. The highest BCUT2D eigenvalue weighted by atomic mass is 32.2. The fourth-order valence-corrected chi connectivity index (χ4v) is 3.04. The molecule has 112 valence electrons. The summed E-state index contributed by atoms with van der Waals surface area (Å²) < 4.78 is 1.70. The number of tetrazole rings is 1. The summed E-state index contributed by atoms with van der Waals surface area (Å²) in [5.74, 6) is 0.0380. The minimum absolute atomic E-state index is 0.0380. The SMILES string of the molecule is Cc1cccc(C)c1-n1nnnc1SC(C)C(=O)N(C)C. The van der Waals surface area contributed by atoms with Gasteiger partial charge in [-0.3, -0.25) is 4.79 Å². The Kier molecular flexibility index (Phi) is 4.62. The first-order valence-electron chi connectivity index (χ1n) is 6.64. The topological polar surface area (TPSA) is 63.9 Å². The molecule has 0 aliphatic rings. The fraction of sp³-hybridized carbons (Fsp3) is 0.429. The number of benzene rings is 1. The molecule has 2 rings (SSSR count). The lowest BCUT2D eigenvalue weighted by atomic mass is 10.1. The number of carbonyl (C=O) groups excluding carboxylic acids is 1. The largest absolute Gasteiger partial charge is 0.348 e. The van der Waals surface area contributed by atoms with Crippen molar-refractivity contribution in [2.24, 2.45) is 0 Å². The number of thioether (sulfide) groups is 1. The number of nitrogens with zero attached hydrogens (tertiary/aromatic N) is 5. The number of rotatable bonds is 4. The van der Waals surface area contributed by atoms with Gasteiger partial charge in [0, 0.05) is 14.1 Å². The number of para-hydroxylation sites is 1. The van der Waals surface area contributed by atoms with Crippen molar-refractivity contribution in [1.29, 1.82) is 0 Å². The van der Waals surface area contributed by atoms with E-state index < -0.39 is 0 Å². The summed E-state index contributed by atoms with van der Waals surface area (Å²) in [5.41, 5.74) is 3.15. The Hall–Kier alpha value is -1.89. The highest BCUT2D eigenvalue weighted by molar-refractivity contribution is 8.00. The maximum atomic E-state index is 12.0. The average molecular weight is 305 g/mol. The molecular formula is C14H19N5OS. The van der Waals surface area contributed by atoms with E-state index in [0.29, 0.717) is 5.16 Å². The molecule has 1 heterocycles. The van der Waals surface area contributed by atoms with Gasteiger partial charge in [0.05, 0.1) is 10.9 Å². The third-order valence-corrected chi connectivity index (χ3v) is 4.18. The Labute approximate surface area is 128 Å². The molecule has 1 aromatic carbocycles. The van der Waals surface area contributed by atoms with E-state index in [9.17, 15) is 4.79 Å². The Morgan fingerprint density at radius 3 is 2.48 bits per heavy atom. The van der Waals surface area contributed by atoms with Crippen molar-refractivity contribution in [2.45, 2.75) is 31.2 Å². The van der Waals surface area contributed by atoms with E-state index in [-0.39, 0.29) is 11.2 Å². The smallest absolute Gasteiger partial charge is 0.235 e. The summed E-state index contributed by atoms with van der Waals surface area (Å²) in [6.07, 6.45) is 0. The first-order chi connectivity index (χ1) is 9.91.